The van der Waals surface area contributed by atoms with E-state index in [4.69, 9.17) is 9.47 Å². The van der Waals surface area contributed by atoms with Crippen molar-refractivity contribution in [2.75, 3.05) is 11.9 Å². The van der Waals surface area contributed by atoms with E-state index in [0.29, 0.717) is 30.7 Å². The van der Waals surface area contributed by atoms with Crippen LogP contribution in [-0.2, 0) is 14.3 Å². The lowest BCUT2D eigenvalue weighted by Gasteiger charge is -2.30. The Hall–Kier alpha value is -3.79. The van der Waals surface area contributed by atoms with E-state index in [1.807, 2.05) is 0 Å². The Morgan fingerprint density at radius 3 is 2.59 bits per heavy atom. The minimum Gasteiger partial charge on any atom is -0.462 e. The minimum absolute atomic E-state index is 0.254. The fraction of sp³-hybridized carbons (Fsp3) is 0.250. The van der Waals surface area contributed by atoms with E-state index in [9.17, 15) is 22.8 Å². The molecule has 10 heteroatoms. The number of carbonyl (C=O) groups excluding carboxylic acids is 2. The van der Waals surface area contributed by atoms with Crippen LogP contribution in [0.4, 0.5) is 18.9 Å². The van der Waals surface area contributed by atoms with Gasteiger partial charge < -0.3 is 14.8 Å². The van der Waals surface area contributed by atoms with E-state index in [0.717, 1.165) is 30.3 Å². The maximum atomic E-state index is 14.3. The molecule has 3 aromatic rings. The van der Waals surface area contributed by atoms with E-state index in [-0.39, 0.29) is 11.8 Å². The van der Waals surface area contributed by atoms with E-state index in [2.05, 4.69) is 15.3 Å². The third kappa shape index (κ3) is 5.07. The van der Waals surface area contributed by atoms with Crippen molar-refractivity contribution in [2.24, 2.45) is 0 Å². The van der Waals surface area contributed by atoms with Gasteiger partial charge in [-0.05, 0) is 30.3 Å². The number of halogens is 3. The van der Waals surface area contributed by atoms with Gasteiger partial charge in [-0.2, -0.15) is 0 Å². The molecule has 2 unspecified atom stereocenters. The molecule has 1 aliphatic heterocycles. The Morgan fingerprint density at radius 2 is 1.85 bits per heavy atom. The van der Waals surface area contributed by atoms with Crippen LogP contribution in [0.1, 0.15) is 41.9 Å². The summed E-state index contributed by atoms with van der Waals surface area (Å²) in [5, 5.41) is 2.65. The molecular weight excluding hydrogens is 451 g/mol. The first-order valence-electron chi connectivity index (χ1n) is 10.5. The molecule has 0 aliphatic carbocycles. The van der Waals surface area contributed by atoms with Crippen LogP contribution in [0.25, 0.3) is 11.3 Å². The first-order valence-corrected chi connectivity index (χ1v) is 10.5. The van der Waals surface area contributed by atoms with E-state index < -0.39 is 46.7 Å². The lowest BCUT2D eigenvalue weighted by molar-refractivity contribution is -0.153. The van der Waals surface area contributed by atoms with Gasteiger partial charge >= 0.3 is 5.97 Å². The maximum Gasteiger partial charge on any atom is 0.302 e. The highest BCUT2D eigenvalue weighted by molar-refractivity contribution is 6.03. The smallest absolute Gasteiger partial charge is 0.302 e. The van der Waals surface area contributed by atoms with Crippen LogP contribution in [0.15, 0.2) is 48.8 Å². The summed E-state index contributed by atoms with van der Waals surface area (Å²) < 4.78 is 53.8. The molecule has 1 fully saturated rings. The molecule has 3 heterocycles. The molecule has 0 bridgehead atoms. The number of amides is 1. The quantitative estimate of drug-likeness (QED) is 0.547. The lowest BCUT2D eigenvalue weighted by Crippen LogP contribution is -2.28. The molecule has 0 radical (unpaired) electrons. The second kappa shape index (κ2) is 10.0. The average molecular weight is 471 g/mol. The number of benzene rings is 1. The number of nitrogens with one attached hydrogen (secondary N) is 1. The fourth-order valence-corrected chi connectivity index (χ4v) is 3.77. The van der Waals surface area contributed by atoms with Crippen molar-refractivity contribution in [3.8, 4) is 11.3 Å². The lowest BCUT2D eigenvalue weighted by atomic mass is 9.98. The second-order valence-electron chi connectivity index (χ2n) is 7.66. The molecule has 1 saturated heterocycles. The number of nitrogens with zero attached hydrogens (tertiary/aromatic N) is 2. The third-order valence-electron chi connectivity index (χ3n) is 5.30. The van der Waals surface area contributed by atoms with Gasteiger partial charge in [0.05, 0.1) is 30.2 Å². The van der Waals surface area contributed by atoms with Crippen LogP contribution in [0, 0.1) is 17.5 Å². The third-order valence-corrected chi connectivity index (χ3v) is 5.30. The number of esters is 1. The molecule has 0 spiro atoms. The zero-order valence-electron chi connectivity index (χ0n) is 18.1. The van der Waals surface area contributed by atoms with E-state index in [1.54, 1.807) is 6.07 Å². The maximum absolute atomic E-state index is 14.3. The van der Waals surface area contributed by atoms with Gasteiger partial charge in [-0.1, -0.05) is 6.07 Å². The van der Waals surface area contributed by atoms with Gasteiger partial charge in [0.25, 0.3) is 5.91 Å². The van der Waals surface area contributed by atoms with E-state index >= 15 is 0 Å². The zero-order valence-corrected chi connectivity index (χ0v) is 18.1. The van der Waals surface area contributed by atoms with Gasteiger partial charge in [0.2, 0.25) is 0 Å². The van der Waals surface area contributed by atoms with Crippen molar-refractivity contribution in [2.45, 2.75) is 32.0 Å². The van der Waals surface area contributed by atoms with Crippen molar-refractivity contribution in [1.82, 2.24) is 9.97 Å². The van der Waals surface area contributed by atoms with Crippen LogP contribution in [0.3, 0.4) is 0 Å². The molecule has 1 N–H and O–H groups in total. The van der Waals surface area contributed by atoms with Gasteiger partial charge in [0, 0.05) is 31.5 Å². The highest BCUT2D eigenvalue weighted by atomic mass is 19.1. The van der Waals surface area contributed by atoms with Crippen LogP contribution in [0.2, 0.25) is 0 Å². The second-order valence-corrected chi connectivity index (χ2v) is 7.66. The van der Waals surface area contributed by atoms with Gasteiger partial charge in [-0.15, -0.1) is 0 Å². The highest BCUT2D eigenvalue weighted by Crippen LogP contribution is 2.34. The first kappa shape index (κ1) is 23.4. The molecule has 7 nitrogen and oxygen atoms in total. The number of carbonyl (C=O) groups is 2. The molecular formula is C24H20F3N3O4. The Balaban J connectivity index is 1.59. The number of rotatable bonds is 5. The standard InChI is InChI=1S/C24H20F3N3O4/c1-13(31)34-14-8-10-33-21(11-14)15-7-9-28-12-20(15)30-24(32)19-6-5-18(27)23(29-19)22-16(25)3-2-4-17(22)26/h2-7,9,12,14,21H,8,10-11H2,1H3,(H,30,32). The fourth-order valence-electron chi connectivity index (χ4n) is 3.77. The molecule has 2 atom stereocenters. The molecule has 4 rings (SSSR count). The van der Waals surface area contributed by atoms with Crippen LogP contribution < -0.4 is 5.32 Å². The number of anilines is 1. The summed E-state index contributed by atoms with van der Waals surface area (Å²) in [5.74, 6) is -4.11. The predicted molar refractivity (Wildman–Crippen MR) is 115 cm³/mol. The summed E-state index contributed by atoms with van der Waals surface area (Å²) in [6, 6.07) is 6.78. The van der Waals surface area contributed by atoms with Gasteiger partial charge in [-0.25, -0.2) is 18.2 Å². The van der Waals surface area contributed by atoms with Crippen LogP contribution in [0.5, 0.6) is 0 Å². The van der Waals surface area contributed by atoms with Crippen molar-refractivity contribution < 1.29 is 32.2 Å². The summed E-state index contributed by atoms with van der Waals surface area (Å²) in [7, 11) is 0. The van der Waals surface area contributed by atoms with Crippen molar-refractivity contribution in [3.63, 3.8) is 0 Å². The summed E-state index contributed by atoms with van der Waals surface area (Å²) in [5.41, 5.74) is -0.622. The van der Waals surface area contributed by atoms with Crippen molar-refractivity contribution in [1.29, 1.82) is 0 Å². The van der Waals surface area contributed by atoms with Crippen LogP contribution in [-0.4, -0.2) is 34.6 Å². The van der Waals surface area contributed by atoms with Crippen LogP contribution >= 0.6 is 0 Å². The zero-order chi connectivity index (χ0) is 24.2. The summed E-state index contributed by atoms with van der Waals surface area (Å²) >= 11 is 0. The summed E-state index contributed by atoms with van der Waals surface area (Å²) in [6.45, 7) is 1.69. The predicted octanol–water partition coefficient (Wildman–Crippen LogP) is 4.60. The summed E-state index contributed by atoms with van der Waals surface area (Å²) in [4.78, 5) is 32.1. The Kier molecular flexibility index (Phi) is 6.87. The molecule has 1 aliphatic rings. The van der Waals surface area contributed by atoms with Gasteiger partial charge in [-0.3, -0.25) is 14.6 Å². The molecule has 0 saturated carbocycles. The number of pyridine rings is 2. The van der Waals surface area contributed by atoms with Gasteiger partial charge in [0.15, 0.2) is 0 Å². The number of aromatic nitrogens is 2. The van der Waals surface area contributed by atoms with Crippen molar-refractivity contribution >= 4 is 17.6 Å². The molecule has 1 aromatic carbocycles. The highest BCUT2D eigenvalue weighted by Gasteiger charge is 2.28. The average Bonchev–Trinajstić information content (AvgIpc) is 2.80. The topological polar surface area (TPSA) is 90.4 Å². The Bertz CT molecular complexity index is 1220. The Labute approximate surface area is 192 Å². The van der Waals surface area contributed by atoms with E-state index in [1.165, 1.54) is 19.3 Å². The first-order chi connectivity index (χ1) is 16.3. The van der Waals surface area contributed by atoms with Gasteiger partial charge in [0.1, 0.15) is 34.9 Å². The molecule has 2 aromatic heterocycles. The molecule has 34 heavy (non-hydrogen) atoms. The monoisotopic (exact) mass is 471 g/mol. The Morgan fingerprint density at radius 1 is 1.09 bits per heavy atom. The summed E-state index contributed by atoms with van der Waals surface area (Å²) in [6.07, 6.45) is 3.08. The molecule has 1 amide bonds. The largest absolute Gasteiger partial charge is 0.462 e. The normalized spacial score (nSPS) is 17.8. The number of ether oxygens (including phenoxy) is 2. The number of hydrogen-bond acceptors (Lipinski definition) is 6. The molecule has 176 valence electrons. The number of hydrogen-bond donors (Lipinski definition) is 1. The minimum atomic E-state index is -1.00. The SMILES string of the molecule is CC(=O)OC1CCOC(c2ccncc2NC(=O)c2ccc(F)c(-c3c(F)cccc3F)n2)C1. The van der Waals surface area contributed by atoms with Crippen molar-refractivity contribution in [3.05, 3.63) is 77.5 Å².